The van der Waals surface area contributed by atoms with Crippen molar-refractivity contribution >= 4 is 5.91 Å². The summed E-state index contributed by atoms with van der Waals surface area (Å²) in [6.07, 6.45) is 3.96. The van der Waals surface area contributed by atoms with Crippen molar-refractivity contribution in [1.29, 1.82) is 0 Å². The molecule has 1 N–H and O–H groups in total. The Balaban J connectivity index is 1.65. The van der Waals surface area contributed by atoms with Gasteiger partial charge in [-0.25, -0.2) is 4.98 Å². The molecule has 2 atom stereocenters. The highest BCUT2D eigenvalue weighted by atomic mass is 16.5. The molecule has 2 aromatic rings. The van der Waals surface area contributed by atoms with Crippen molar-refractivity contribution < 1.29 is 13.9 Å². The van der Waals surface area contributed by atoms with E-state index in [1.807, 2.05) is 10.7 Å². The Kier molecular flexibility index (Phi) is 4.24. The molecule has 0 spiro atoms. The minimum atomic E-state index is -0.208. The Bertz CT molecular complexity index is 649. The first-order chi connectivity index (χ1) is 10.7. The van der Waals surface area contributed by atoms with Crippen molar-refractivity contribution in [2.75, 3.05) is 13.2 Å². The van der Waals surface area contributed by atoms with Crippen LogP contribution >= 0.6 is 0 Å². The first-order valence-corrected chi connectivity index (χ1v) is 7.52. The number of amides is 1. The molecule has 0 radical (unpaired) electrons. The van der Waals surface area contributed by atoms with Gasteiger partial charge in [0.25, 0.3) is 5.91 Å². The Morgan fingerprint density at radius 3 is 3.14 bits per heavy atom. The molecule has 118 valence electrons. The average Bonchev–Trinajstić information content (AvgIpc) is 3.24. The summed E-state index contributed by atoms with van der Waals surface area (Å²) < 4.78 is 12.8. The van der Waals surface area contributed by atoms with Gasteiger partial charge in [0, 0.05) is 31.8 Å². The smallest absolute Gasteiger partial charge is 0.273 e. The molecule has 7 heteroatoms. The van der Waals surface area contributed by atoms with Gasteiger partial charge in [0.2, 0.25) is 0 Å². The van der Waals surface area contributed by atoms with Gasteiger partial charge < -0.3 is 14.5 Å². The van der Waals surface area contributed by atoms with Gasteiger partial charge in [0.1, 0.15) is 11.9 Å². The predicted octanol–water partition coefficient (Wildman–Crippen LogP) is 1.71. The van der Waals surface area contributed by atoms with Gasteiger partial charge in [0.15, 0.2) is 12.1 Å². The summed E-state index contributed by atoms with van der Waals surface area (Å²) in [4.78, 5) is 16.0. The lowest BCUT2D eigenvalue weighted by molar-refractivity contribution is 0.0793. The van der Waals surface area contributed by atoms with Crippen LogP contribution in [-0.4, -0.2) is 33.8 Å². The second-order valence-electron chi connectivity index (χ2n) is 5.38. The molecule has 0 bridgehead atoms. The van der Waals surface area contributed by atoms with E-state index in [4.69, 9.17) is 9.15 Å². The second kappa shape index (κ2) is 6.31. The highest BCUT2D eigenvalue weighted by Gasteiger charge is 2.32. The maximum absolute atomic E-state index is 12.1. The minimum absolute atomic E-state index is 0.0267. The molecule has 1 saturated heterocycles. The van der Waals surface area contributed by atoms with E-state index in [0.29, 0.717) is 24.6 Å². The molecule has 7 nitrogen and oxygen atoms in total. The number of hydrogen-bond acceptors (Lipinski definition) is 5. The van der Waals surface area contributed by atoms with Crippen LogP contribution in [0.15, 0.2) is 23.1 Å². The quantitative estimate of drug-likeness (QED) is 0.909. The second-order valence-corrected chi connectivity index (χ2v) is 5.38. The van der Waals surface area contributed by atoms with Gasteiger partial charge >= 0.3 is 0 Å². The van der Waals surface area contributed by atoms with Gasteiger partial charge in [-0.3, -0.25) is 9.48 Å². The maximum atomic E-state index is 12.1. The number of oxazole rings is 1. The van der Waals surface area contributed by atoms with Gasteiger partial charge in [0.05, 0.1) is 5.69 Å². The van der Waals surface area contributed by atoms with E-state index in [1.165, 1.54) is 6.39 Å². The average molecular weight is 304 g/mol. The topological polar surface area (TPSA) is 82.2 Å². The van der Waals surface area contributed by atoms with Crippen LogP contribution < -0.4 is 5.32 Å². The molecule has 2 aromatic heterocycles. The number of carbonyl (C=O) groups excluding carboxylic acids is 1. The lowest BCUT2D eigenvalue weighted by Gasteiger charge is -2.19. The Morgan fingerprint density at radius 2 is 2.41 bits per heavy atom. The molecule has 0 saturated carbocycles. The number of nitrogens with zero attached hydrogens (tertiary/aromatic N) is 3. The Hall–Kier alpha value is -2.15. The standard InChI is InChI=1S/C15H20N4O3/c1-3-19-12(4-6-18-19)14-11(5-7-21-14)8-16-15(20)13-10(2)22-9-17-13/h4,6,9,11,14H,3,5,7-8H2,1-2H3,(H,16,20)/t11-,14+/m0/s1. The highest BCUT2D eigenvalue weighted by Crippen LogP contribution is 2.33. The van der Waals surface area contributed by atoms with E-state index >= 15 is 0 Å². The fourth-order valence-corrected chi connectivity index (χ4v) is 2.85. The summed E-state index contributed by atoms with van der Waals surface area (Å²) in [5.41, 5.74) is 1.41. The van der Waals surface area contributed by atoms with Crippen LogP contribution in [0.25, 0.3) is 0 Å². The lowest BCUT2D eigenvalue weighted by Crippen LogP contribution is -2.31. The number of carbonyl (C=O) groups is 1. The summed E-state index contributed by atoms with van der Waals surface area (Å²) in [6, 6.07) is 1.98. The lowest BCUT2D eigenvalue weighted by atomic mass is 9.99. The summed E-state index contributed by atoms with van der Waals surface area (Å²) in [5, 5.41) is 7.21. The summed E-state index contributed by atoms with van der Waals surface area (Å²) in [5.74, 6) is 0.555. The van der Waals surface area contributed by atoms with E-state index in [0.717, 1.165) is 18.7 Å². The molecule has 0 unspecified atom stereocenters. The van der Waals surface area contributed by atoms with Crippen molar-refractivity contribution in [1.82, 2.24) is 20.1 Å². The summed E-state index contributed by atoms with van der Waals surface area (Å²) >= 11 is 0. The van der Waals surface area contributed by atoms with E-state index in [9.17, 15) is 4.79 Å². The molecule has 0 aliphatic carbocycles. The highest BCUT2D eigenvalue weighted by molar-refractivity contribution is 5.93. The van der Waals surface area contributed by atoms with Crippen LogP contribution in [0, 0.1) is 12.8 Å². The zero-order chi connectivity index (χ0) is 15.5. The van der Waals surface area contributed by atoms with Crippen molar-refractivity contribution in [2.24, 2.45) is 5.92 Å². The van der Waals surface area contributed by atoms with Gasteiger partial charge in [-0.2, -0.15) is 5.10 Å². The van der Waals surface area contributed by atoms with Crippen LogP contribution in [-0.2, 0) is 11.3 Å². The third-order valence-corrected chi connectivity index (χ3v) is 4.04. The van der Waals surface area contributed by atoms with E-state index in [1.54, 1.807) is 13.1 Å². The molecule has 0 aromatic carbocycles. The van der Waals surface area contributed by atoms with E-state index in [-0.39, 0.29) is 17.9 Å². The summed E-state index contributed by atoms with van der Waals surface area (Å²) in [6.45, 7) is 5.83. The SMILES string of the molecule is CCn1nccc1[C@@H]1OCC[C@H]1CNC(=O)c1ncoc1C. The number of aryl methyl sites for hydroxylation is 2. The third kappa shape index (κ3) is 2.76. The fraction of sp³-hybridized carbons (Fsp3) is 0.533. The predicted molar refractivity (Wildman–Crippen MR) is 78.3 cm³/mol. The fourth-order valence-electron chi connectivity index (χ4n) is 2.85. The zero-order valence-electron chi connectivity index (χ0n) is 12.8. The van der Waals surface area contributed by atoms with Gasteiger partial charge in [-0.05, 0) is 26.3 Å². The van der Waals surface area contributed by atoms with Crippen molar-refractivity contribution in [2.45, 2.75) is 32.9 Å². The Morgan fingerprint density at radius 1 is 1.55 bits per heavy atom. The first kappa shape index (κ1) is 14.8. The van der Waals surface area contributed by atoms with Crippen LogP contribution in [0.5, 0.6) is 0 Å². The summed E-state index contributed by atoms with van der Waals surface area (Å²) in [7, 11) is 0. The number of ether oxygens (including phenoxy) is 1. The number of nitrogens with one attached hydrogen (secondary N) is 1. The third-order valence-electron chi connectivity index (χ3n) is 4.04. The number of rotatable bonds is 5. The van der Waals surface area contributed by atoms with Crippen molar-refractivity contribution in [3.05, 3.63) is 35.8 Å². The zero-order valence-corrected chi connectivity index (χ0v) is 12.8. The molecular formula is C15H20N4O3. The molecule has 1 amide bonds. The maximum Gasteiger partial charge on any atom is 0.273 e. The van der Waals surface area contributed by atoms with E-state index < -0.39 is 0 Å². The number of aromatic nitrogens is 3. The van der Waals surface area contributed by atoms with Gasteiger partial charge in [-0.1, -0.05) is 0 Å². The normalized spacial score (nSPS) is 21.2. The Labute approximate surface area is 128 Å². The first-order valence-electron chi connectivity index (χ1n) is 7.52. The molecule has 1 aliphatic heterocycles. The molecule has 3 heterocycles. The van der Waals surface area contributed by atoms with Crippen molar-refractivity contribution in [3.8, 4) is 0 Å². The molecule has 1 fully saturated rings. The minimum Gasteiger partial charge on any atom is -0.448 e. The van der Waals surface area contributed by atoms with Crippen molar-refractivity contribution in [3.63, 3.8) is 0 Å². The van der Waals surface area contributed by atoms with Crippen LogP contribution in [0.4, 0.5) is 0 Å². The van der Waals surface area contributed by atoms with Crippen LogP contribution in [0.1, 0.15) is 41.4 Å². The molecule has 22 heavy (non-hydrogen) atoms. The monoisotopic (exact) mass is 304 g/mol. The van der Waals surface area contributed by atoms with E-state index in [2.05, 4.69) is 22.3 Å². The molecular weight excluding hydrogens is 284 g/mol. The van der Waals surface area contributed by atoms with Gasteiger partial charge in [-0.15, -0.1) is 0 Å². The van der Waals surface area contributed by atoms with Crippen LogP contribution in [0.2, 0.25) is 0 Å². The molecule has 1 aliphatic rings. The molecule has 3 rings (SSSR count). The number of hydrogen-bond donors (Lipinski definition) is 1. The largest absolute Gasteiger partial charge is 0.448 e. The van der Waals surface area contributed by atoms with Crippen LogP contribution in [0.3, 0.4) is 0 Å².